The molecule has 26 heavy (non-hydrogen) atoms. The Labute approximate surface area is 147 Å². The second-order valence-electron chi connectivity index (χ2n) is 5.64. The van der Waals surface area contributed by atoms with E-state index in [9.17, 15) is 14.4 Å². The van der Waals surface area contributed by atoms with Crippen LogP contribution in [0.2, 0.25) is 0 Å². The fraction of sp³-hybridized carbons (Fsp3) is 0.0526. The number of hydrogen-bond donors (Lipinski definition) is 0. The van der Waals surface area contributed by atoms with Crippen LogP contribution in [-0.4, -0.2) is 27.8 Å². The number of imide groups is 1. The van der Waals surface area contributed by atoms with Crippen molar-refractivity contribution in [3.05, 3.63) is 77.2 Å². The zero-order valence-electron chi connectivity index (χ0n) is 13.6. The molecule has 0 atom stereocenters. The van der Waals surface area contributed by atoms with Crippen LogP contribution in [0.5, 0.6) is 0 Å². The minimum Gasteiger partial charge on any atom is -0.463 e. The number of rotatable bonds is 3. The lowest BCUT2D eigenvalue weighted by Crippen LogP contribution is -2.33. The smallest absolute Gasteiger partial charge is 0.365 e. The molecule has 0 aliphatic carbocycles. The van der Waals surface area contributed by atoms with E-state index in [0.717, 1.165) is 0 Å². The second-order valence-corrected chi connectivity index (χ2v) is 5.64. The molecule has 0 bridgehead atoms. The Hall–Kier alpha value is -3.74. The van der Waals surface area contributed by atoms with Crippen LogP contribution in [0, 0.1) is 6.92 Å². The third-order valence-electron chi connectivity index (χ3n) is 4.01. The lowest BCUT2D eigenvalue weighted by Gasteiger charge is -2.13. The molecule has 0 fully saturated rings. The van der Waals surface area contributed by atoms with E-state index < -0.39 is 17.8 Å². The molecule has 2 aromatic heterocycles. The van der Waals surface area contributed by atoms with Crippen LogP contribution in [0.4, 0.5) is 0 Å². The van der Waals surface area contributed by atoms with Gasteiger partial charge in [0.25, 0.3) is 11.8 Å². The van der Waals surface area contributed by atoms with Crippen LogP contribution in [0.3, 0.4) is 0 Å². The Balaban J connectivity index is 1.58. The number of furan rings is 1. The summed E-state index contributed by atoms with van der Waals surface area (Å²) in [6.07, 6.45) is 1.52. The van der Waals surface area contributed by atoms with E-state index in [1.807, 2.05) is 0 Å². The summed E-state index contributed by atoms with van der Waals surface area (Å²) in [5, 5.41) is 0.479. The number of hydroxylamine groups is 2. The predicted molar refractivity (Wildman–Crippen MR) is 89.0 cm³/mol. The average Bonchev–Trinajstić information content (AvgIpc) is 3.26. The van der Waals surface area contributed by atoms with E-state index >= 15 is 0 Å². The first-order valence-electron chi connectivity index (χ1n) is 7.78. The number of carbonyl (C=O) groups excluding carboxylic acids is 3. The highest BCUT2D eigenvalue weighted by Gasteiger charge is 2.39. The fourth-order valence-corrected chi connectivity index (χ4v) is 2.72. The summed E-state index contributed by atoms with van der Waals surface area (Å²) in [6.45, 7) is 1.63. The Morgan fingerprint density at radius 2 is 1.69 bits per heavy atom. The first-order chi connectivity index (χ1) is 12.6. The van der Waals surface area contributed by atoms with Gasteiger partial charge in [0.2, 0.25) is 0 Å². The maximum atomic E-state index is 12.4. The molecule has 0 N–H and O–H groups in total. The van der Waals surface area contributed by atoms with Crippen molar-refractivity contribution in [2.45, 2.75) is 6.92 Å². The van der Waals surface area contributed by atoms with Gasteiger partial charge < -0.3 is 9.25 Å². The molecule has 0 saturated carbocycles. The summed E-state index contributed by atoms with van der Waals surface area (Å²) in [5.41, 5.74) is 1.50. The first kappa shape index (κ1) is 15.8. The fourth-order valence-electron chi connectivity index (χ4n) is 2.72. The summed E-state index contributed by atoms with van der Waals surface area (Å²) >= 11 is 0. The van der Waals surface area contributed by atoms with Gasteiger partial charge in [-0.15, -0.1) is 0 Å². The van der Waals surface area contributed by atoms with Gasteiger partial charge in [0, 0.05) is 0 Å². The van der Waals surface area contributed by atoms with E-state index in [-0.39, 0.29) is 16.7 Å². The molecule has 3 heterocycles. The van der Waals surface area contributed by atoms with E-state index in [0.29, 0.717) is 22.2 Å². The van der Waals surface area contributed by atoms with Gasteiger partial charge in [-0.25, -0.2) is 9.78 Å². The van der Waals surface area contributed by atoms with Gasteiger partial charge in [0.1, 0.15) is 5.69 Å². The topological polar surface area (TPSA) is 89.7 Å². The third kappa shape index (κ3) is 2.46. The van der Waals surface area contributed by atoms with Crippen molar-refractivity contribution >= 4 is 17.8 Å². The molecule has 4 rings (SSSR count). The lowest BCUT2D eigenvalue weighted by atomic mass is 10.1. The van der Waals surface area contributed by atoms with Crippen LogP contribution in [0.25, 0.3) is 11.5 Å². The number of carbonyl (C=O) groups is 3. The molecular weight excluding hydrogens is 336 g/mol. The van der Waals surface area contributed by atoms with E-state index in [1.165, 1.54) is 24.5 Å². The van der Waals surface area contributed by atoms with Crippen LogP contribution >= 0.6 is 0 Å². The molecule has 0 saturated heterocycles. The molecule has 2 amide bonds. The Kier molecular flexibility index (Phi) is 3.62. The first-order valence-corrected chi connectivity index (χ1v) is 7.78. The zero-order valence-corrected chi connectivity index (χ0v) is 13.6. The van der Waals surface area contributed by atoms with Gasteiger partial charge >= 0.3 is 5.97 Å². The monoisotopic (exact) mass is 348 g/mol. The molecule has 1 aromatic carbocycles. The molecule has 128 valence electrons. The number of aromatic nitrogens is 1. The maximum Gasteiger partial charge on any atom is 0.365 e. The molecular formula is C19H12N2O5. The van der Waals surface area contributed by atoms with Gasteiger partial charge in [-0.2, -0.15) is 0 Å². The summed E-state index contributed by atoms with van der Waals surface area (Å²) < 4.78 is 5.27. The number of aryl methyl sites for hydroxylation is 1. The lowest BCUT2D eigenvalue weighted by molar-refractivity contribution is -0.0585. The molecule has 3 aromatic rings. The molecule has 0 spiro atoms. The van der Waals surface area contributed by atoms with Crippen LogP contribution < -0.4 is 0 Å². The number of hydrogen-bond acceptors (Lipinski definition) is 6. The van der Waals surface area contributed by atoms with Gasteiger partial charge in [-0.1, -0.05) is 17.2 Å². The minimum absolute atomic E-state index is 0.150. The highest BCUT2D eigenvalue weighted by Crippen LogP contribution is 2.24. The zero-order chi connectivity index (χ0) is 18.3. The molecule has 0 radical (unpaired) electrons. The van der Waals surface area contributed by atoms with Crippen LogP contribution in [-0.2, 0) is 4.84 Å². The van der Waals surface area contributed by atoms with Crippen molar-refractivity contribution in [3.63, 3.8) is 0 Å². The predicted octanol–water partition coefficient (Wildman–Crippen LogP) is 3.02. The third-order valence-corrected chi connectivity index (χ3v) is 4.01. The summed E-state index contributed by atoms with van der Waals surface area (Å²) in [4.78, 5) is 46.3. The van der Waals surface area contributed by atoms with Crippen molar-refractivity contribution in [3.8, 4) is 11.5 Å². The standard InChI is InChI=1S/C19H12N2O5/c1-11-12(8-9-15(20-11)16-7-4-10-25-16)19(24)26-21-17(22)13-5-2-3-6-14(13)18(21)23/h2-10H,1H3. The van der Waals surface area contributed by atoms with Gasteiger partial charge in [-0.3, -0.25) is 9.59 Å². The van der Waals surface area contributed by atoms with Crippen molar-refractivity contribution in [2.75, 3.05) is 0 Å². The van der Waals surface area contributed by atoms with Gasteiger partial charge in [0.15, 0.2) is 5.76 Å². The highest BCUT2D eigenvalue weighted by atomic mass is 16.7. The van der Waals surface area contributed by atoms with E-state index in [1.54, 1.807) is 37.3 Å². The second kappa shape index (κ2) is 5.96. The SMILES string of the molecule is Cc1nc(-c2ccco2)ccc1C(=O)ON1C(=O)c2ccccc2C1=O. The number of amides is 2. The largest absolute Gasteiger partial charge is 0.463 e. The average molecular weight is 348 g/mol. The molecule has 7 heteroatoms. The maximum absolute atomic E-state index is 12.4. The quantitative estimate of drug-likeness (QED) is 0.676. The van der Waals surface area contributed by atoms with Crippen molar-refractivity contribution in [1.29, 1.82) is 0 Å². The molecule has 7 nitrogen and oxygen atoms in total. The Morgan fingerprint density at radius 1 is 1.00 bits per heavy atom. The number of pyridine rings is 1. The Morgan fingerprint density at radius 3 is 2.27 bits per heavy atom. The van der Waals surface area contributed by atoms with Crippen molar-refractivity contribution in [1.82, 2.24) is 10.0 Å². The molecule has 0 unspecified atom stereocenters. The van der Waals surface area contributed by atoms with Crippen molar-refractivity contribution < 1.29 is 23.6 Å². The van der Waals surface area contributed by atoms with Gasteiger partial charge in [-0.05, 0) is 43.3 Å². The minimum atomic E-state index is -0.837. The van der Waals surface area contributed by atoms with E-state index in [4.69, 9.17) is 9.25 Å². The van der Waals surface area contributed by atoms with Crippen LogP contribution in [0.15, 0.2) is 59.2 Å². The molecule has 1 aliphatic rings. The summed E-state index contributed by atoms with van der Waals surface area (Å²) in [7, 11) is 0. The highest BCUT2D eigenvalue weighted by molar-refractivity contribution is 6.21. The summed E-state index contributed by atoms with van der Waals surface area (Å²) in [6, 6.07) is 12.9. The number of nitrogens with zero attached hydrogens (tertiary/aromatic N) is 2. The van der Waals surface area contributed by atoms with Crippen molar-refractivity contribution in [2.24, 2.45) is 0 Å². The van der Waals surface area contributed by atoms with E-state index in [2.05, 4.69) is 4.98 Å². The number of fused-ring (bicyclic) bond motifs is 1. The number of benzene rings is 1. The van der Waals surface area contributed by atoms with Crippen LogP contribution in [0.1, 0.15) is 36.8 Å². The van der Waals surface area contributed by atoms with Gasteiger partial charge in [0.05, 0.1) is 28.6 Å². The Bertz CT molecular complexity index is 1000. The molecule has 1 aliphatic heterocycles. The summed E-state index contributed by atoms with van der Waals surface area (Å²) in [5.74, 6) is -1.61. The normalized spacial score (nSPS) is 13.0.